The molecule has 2 aliphatic heterocycles. The Morgan fingerprint density at radius 2 is 1.95 bits per heavy atom. The molecule has 0 saturated carbocycles. The average molecular weight is 326 g/mol. The van der Waals surface area contributed by atoms with E-state index in [9.17, 15) is 9.50 Å². The molecular weight excluding hydrogens is 305 g/mol. The van der Waals surface area contributed by atoms with Crippen molar-refractivity contribution in [1.82, 2.24) is 10.0 Å². The number of aliphatic hydroxyl groups is 1. The van der Waals surface area contributed by atoms with E-state index in [4.69, 9.17) is 11.6 Å². The molecule has 0 bridgehead atoms. The molecule has 2 N–H and O–H groups in total. The van der Waals surface area contributed by atoms with Crippen molar-refractivity contribution in [3.8, 4) is 0 Å². The highest BCUT2D eigenvalue weighted by molar-refractivity contribution is 6.33. The molecule has 3 rings (SSSR count). The second-order valence-electron chi connectivity index (χ2n) is 5.78. The number of rotatable bonds is 3. The highest BCUT2D eigenvalue weighted by Crippen LogP contribution is 2.27. The van der Waals surface area contributed by atoms with Crippen LogP contribution in [0.2, 0.25) is 5.02 Å². The lowest BCUT2D eigenvalue weighted by Crippen LogP contribution is -2.52. The number of halogens is 2. The number of hydrogen-bond donors (Lipinski definition) is 2. The monoisotopic (exact) mass is 325 g/mol. The van der Waals surface area contributed by atoms with E-state index in [0.29, 0.717) is 10.7 Å². The quantitative estimate of drug-likeness (QED) is 0.895. The summed E-state index contributed by atoms with van der Waals surface area (Å²) in [7, 11) is 0. The summed E-state index contributed by atoms with van der Waals surface area (Å²) in [6.07, 6.45) is 5.60. The van der Waals surface area contributed by atoms with Gasteiger partial charge in [-0.15, -0.1) is 0 Å². The third-order valence-corrected chi connectivity index (χ3v) is 4.50. The first-order valence-electron chi connectivity index (χ1n) is 7.76. The minimum atomic E-state index is -0.631. The molecule has 22 heavy (non-hydrogen) atoms. The number of nitrogens with zero attached hydrogens (tertiary/aromatic N) is 2. The molecule has 0 radical (unpaired) electrons. The Kier molecular flexibility index (Phi) is 4.98. The van der Waals surface area contributed by atoms with Crippen LogP contribution in [0.15, 0.2) is 30.0 Å². The lowest BCUT2D eigenvalue weighted by Gasteiger charge is -2.41. The molecule has 0 aromatic heterocycles. The van der Waals surface area contributed by atoms with Crippen LogP contribution in [-0.2, 0) is 0 Å². The summed E-state index contributed by atoms with van der Waals surface area (Å²) >= 11 is 6.02. The van der Waals surface area contributed by atoms with Gasteiger partial charge in [-0.3, -0.25) is 0 Å². The Morgan fingerprint density at radius 1 is 1.18 bits per heavy atom. The fourth-order valence-corrected chi connectivity index (χ4v) is 3.24. The van der Waals surface area contributed by atoms with Crippen molar-refractivity contribution in [3.63, 3.8) is 0 Å². The lowest BCUT2D eigenvalue weighted by atomic mass is 10.1. The van der Waals surface area contributed by atoms with Crippen LogP contribution in [0.3, 0.4) is 0 Å². The maximum atomic E-state index is 13.1. The highest BCUT2D eigenvalue weighted by Gasteiger charge is 2.26. The molecule has 0 aliphatic carbocycles. The Bertz CT molecular complexity index is 560. The molecule has 1 unspecified atom stereocenters. The molecule has 6 heteroatoms. The van der Waals surface area contributed by atoms with Gasteiger partial charge in [0.05, 0.1) is 10.7 Å². The van der Waals surface area contributed by atoms with E-state index in [1.165, 1.54) is 31.4 Å². The Balaban J connectivity index is 1.66. The van der Waals surface area contributed by atoms with E-state index in [0.717, 1.165) is 31.8 Å². The largest absolute Gasteiger partial charge is 0.373 e. The van der Waals surface area contributed by atoms with Crippen LogP contribution in [0.1, 0.15) is 25.7 Å². The Morgan fingerprint density at radius 3 is 2.64 bits per heavy atom. The average Bonchev–Trinajstić information content (AvgIpc) is 2.51. The van der Waals surface area contributed by atoms with E-state index in [1.807, 2.05) is 5.01 Å². The third kappa shape index (κ3) is 3.60. The SMILES string of the molecule is OC1C=C(Nc2ccc(F)cc2Cl)CCN1N1CCCCC1. The molecule has 1 saturated heterocycles. The Hall–Kier alpha value is -1.14. The van der Waals surface area contributed by atoms with Gasteiger partial charge in [0.2, 0.25) is 0 Å². The minimum Gasteiger partial charge on any atom is -0.373 e. The molecule has 0 amide bonds. The van der Waals surface area contributed by atoms with Crippen LogP contribution >= 0.6 is 11.6 Å². The summed E-state index contributed by atoms with van der Waals surface area (Å²) in [5.74, 6) is -0.357. The molecule has 120 valence electrons. The van der Waals surface area contributed by atoms with Crippen LogP contribution in [0.5, 0.6) is 0 Å². The zero-order valence-corrected chi connectivity index (χ0v) is 13.2. The van der Waals surface area contributed by atoms with Gasteiger partial charge in [0.25, 0.3) is 0 Å². The van der Waals surface area contributed by atoms with Crippen molar-refractivity contribution in [2.45, 2.75) is 31.9 Å². The number of aliphatic hydroxyl groups excluding tert-OH is 1. The molecular formula is C16H21ClFN3O. The molecule has 1 aromatic rings. The smallest absolute Gasteiger partial charge is 0.141 e. The standard InChI is InChI=1S/C16H21ClFN3O/c17-14-10-12(18)4-5-15(14)19-13-6-9-21(16(22)11-13)20-7-2-1-3-8-20/h4-5,10-11,16,19,22H,1-3,6-9H2. The molecule has 1 aromatic carbocycles. The molecule has 2 heterocycles. The molecule has 1 fully saturated rings. The second-order valence-corrected chi connectivity index (χ2v) is 6.19. The number of hydrazine groups is 1. The molecule has 2 aliphatic rings. The molecule has 0 spiro atoms. The van der Waals surface area contributed by atoms with E-state index < -0.39 is 6.23 Å². The fraction of sp³-hybridized carbons (Fsp3) is 0.500. The summed E-state index contributed by atoms with van der Waals surface area (Å²) in [6.45, 7) is 2.79. The number of nitrogens with one attached hydrogen (secondary N) is 1. The minimum absolute atomic E-state index is 0.342. The van der Waals surface area contributed by atoms with Crippen LogP contribution in [0.25, 0.3) is 0 Å². The van der Waals surface area contributed by atoms with Crippen molar-refractivity contribution >= 4 is 17.3 Å². The highest BCUT2D eigenvalue weighted by atomic mass is 35.5. The first-order valence-corrected chi connectivity index (χ1v) is 8.13. The van der Waals surface area contributed by atoms with Gasteiger partial charge in [0.1, 0.15) is 12.0 Å². The zero-order valence-electron chi connectivity index (χ0n) is 12.4. The number of piperidine rings is 1. The predicted octanol–water partition coefficient (Wildman–Crippen LogP) is 3.20. The van der Waals surface area contributed by atoms with Crippen molar-refractivity contribution in [3.05, 3.63) is 40.8 Å². The van der Waals surface area contributed by atoms with Gasteiger partial charge in [-0.25, -0.2) is 14.4 Å². The summed E-state index contributed by atoms with van der Waals surface area (Å²) in [5, 5.41) is 18.2. The Labute approximate surface area is 135 Å². The summed E-state index contributed by atoms with van der Waals surface area (Å²) < 4.78 is 13.1. The van der Waals surface area contributed by atoms with Crippen molar-refractivity contribution in [2.24, 2.45) is 0 Å². The van der Waals surface area contributed by atoms with Gasteiger partial charge >= 0.3 is 0 Å². The van der Waals surface area contributed by atoms with Crippen LogP contribution < -0.4 is 5.32 Å². The maximum Gasteiger partial charge on any atom is 0.141 e. The van der Waals surface area contributed by atoms with Crippen LogP contribution in [0, 0.1) is 5.82 Å². The normalized spacial score (nSPS) is 24.1. The summed E-state index contributed by atoms with van der Waals surface area (Å²) in [6, 6.07) is 4.26. The fourth-order valence-electron chi connectivity index (χ4n) is 3.03. The van der Waals surface area contributed by atoms with Crippen molar-refractivity contribution in [2.75, 3.05) is 25.0 Å². The van der Waals surface area contributed by atoms with Gasteiger partial charge in [-0.1, -0.05) is 18.0 Å². The molecule has 4 nitrogen and oxygen atoms in total. The summed E-state index contributed by atoms with van der Waals surface area (Å²) in [5.41, 5.74) is 1.57. The third-order valence-electron chi connectivity index (χ3n) is 4.19. The lowest BCUT2D eigenvalue weighted by molar-refractivity contribution is -0.130. The number of hydrogen-bond acceptors (Lipinski definition) is 4. The maximum absolute atomic E-state index is 13.1. The van der Waals surface area contributed by atoms with Crippen molar-refractivity contribution in [1.29, 1.82) is 0 Å². The van der Waals surface area contributed by atoms with Gasteiger partial charge in [0.15, 0.2) is 0 Å². The summed E-state index contributed by atoms with van der Waals surface area (Å²) in [4.78, 5) is 0. The second kappa shape index (κ2) is 6.96. The van der Waals surface area contributed by atoms with Gasteiger partial charge in [-0.2, -0.15) is 0 Å². The number of anilines is 1. The van der Waals surface area contributed by atoms with E-state index in [2.05, 4.69) is 10.3 Å². The van der Waals surface area contributed by atoms with E-state index in [-0.39, 0.29) is 5.82 Å². The number of benzene rings is 1. The van der Waals surface area contributed by atoms with Gasteiger partial charge in [0, 0.05) is 31.8 Å². The van der Waals surface area contributed by atoms with Crippen molar-refractivity contribution < 1.29 is 9.50 Å². The van der Waals surface area contributed by atoms with E-state index in [1.54, 1.807) is 12.1 Å². The van der Waals surface area contributed by atoms with Crippen LogP contribution in [0.4, 0.5) is 10.1 Å². The predicted molar refractivity (Wildman–Crippen MR) is 85.9 cm³/mol. The van der Waals surface area contributed by atoms with E-state index >= 15 is 0 Å². The topological polar surface area (TPSA) is 38.7 Å². The first-order chi connectivity index (χ1) is 10.6. The zero-order chi connectivity index (χ0) is 15.5. The van der Waals surface area contributed by atoms with Gasteiger partial charge in [-0.05, 0) is 37.1 Å². The first kappa shape index (κ1) is 15.7. The van der Waals surface area contributed by atoms with Gasteiger partial charge < -0.3 is 10.4 Å². The molecule has 1 atom stereocenters. The van der Waals surface area contributed by atoms with Crippen LogP contribution in [-0.4, -0.2) is 41.0 Å².